The highest BCUT2D eigenvalue weighted by atomic mass is 31.2. The molecule has 0 aromatic heterocycles. The van der Waals surface area contributed by atoms with Crippen molar-refractivity contribution in [2.75, 3.05) is 13.2 Å². The predicted octanol–water partition coefficient (Wildman–Crippen LogP) is 10.6. The molecule has 0 aromatic rings. The fourth-order valence-electron chi connectivity index (χ4n) is 2.99. The van der Waals surface area contributed by atoms with E-state index in [0.717, 1.165) is 0 Å². The Labute approximate surface area is 291 Å². The zero-order valence-corrected chi connectivity index (χ0v) is 25.8. The summed E-state index contributed by atoms with van der Waals surface area (Å²) >= 11 is 0. The molecule has 0 fully saturated rings. The number of aliphatic hydroxyl groups excluding tert-OH is 1. The van der Waals surface area contributed by atoms with Crippen LogP contribution < -0.4 is 5.09 Å². The number of aliphatic hydroxyl groups is 1. The van der Waals surface area contributed by atoms with Gasteiger partial charge in [-0.1, -0.05) is 0 Å². The summed E-state index contributed by atoms with van der Waals surface area (Å²) in [6, 6.07) is 0. The van der Waals surface area contributed by atoms with E-state index in [9.17, 15) is 154 Å². The van der Waals surface area contributed by atoms with Gasteiger partial charge in [-0.2, -0.15) is 149 Å². The van der Waals surface area contributed by atoms with Gasteiger partial charge in [0.1, 0.15) is 0 Å². The van der Waals surface area contributed by atoms with Crippen molar-refractivity contribution in [3.05, 3.63) is 0 Å². The average Bonchev–Trinajstić information content (AvgIpc) is 2.96. The summed E-state index contributed by atoms with van der Waals surface area (Å²) < 4.78 is 470. The monoisotopic (exact) mass is 977 g/mol. The van der Waals surface area contributed by atoms with Crippen LogP contribution in [0.15, 0.2) is 0 Å². The third-order valence-electron chi connectivity index (χ3n) is 6.27. The molecule has 0 radical (unpaired) electrons. The molecule has 0 heterocycles. The van der Waals surface area contributed by atoms with E-state index in [-0.39, 0.29) is 5.09 Å². The summed E-state index contributed by atoms with van der Waals surface area (Å²) in [7, 11) is -8.89. The second-order valence-electron chi connectivity index (χ2n) is 10.2. The van der Waals surface area contributed by atoms with Crippen LogP contribution in [0.3, 0.4) is 0 Å². The molecule has 0 aliphatic heterocycles. The van der Waals surface area contributed by atoms with Gasteiger partial charge < -0.3 is 5.11 Å². The van der Waals surface area contributed by atoms with E-state index in [1.54, 1.807) is 9.05 Å². The van der Waals surface area contributed by atoms with Gasteiger partial charge in [-0.15, -0.1) is 0 Å². The van der Waals surface area contributed by atoms with Crippen LogP contribution in [-0.4, -0.2) is 114 Å². The molecule has 0 unspecified atom stereocenters. The molecule has 0 rings (SSSR count). The molecule has 40 heteroatoms. The van der Waals surface area contributed by atoms with Gasteiger partial charge in [-0.3, -0.25) is 0 Å². The predicted molar refractivity (Wildman–Crippen MR) is 106 cm³/mol. The van der Waals surface area contributed by atoms with E-state index in [4.69, 9.17) is 5.11 Å². The van der Waals surface area contributed by atoms with Gasteiger partial charge >= 0.3 is 103 Å². The van der Waals surface area contributed by atoms with Crippen LogP contribution >= 0.6 is 7.75 Å². The highest BCUT2D eigenvalue weighted by Gasteiger charge is 2.98. The van der Waals surface area contributed by atoms with Gasteiger partial charge in [0.2, 0.25) is 0 Å². The Kier molecular flexibility index (Phi) is 13.8. The largest absolute Gasteiger partial charge is 0.460 e. The minimum Gasteiger partial charge on any atom is -0.395 e. The van der Waals surface area contributed by atoms with Crippen LogP contribution in [0.4, 0.5) is 149 Å². The molecule has 58 heavy (non-hydrogen) atoms. The Morgan fingerprint density at radius 3 is 0.672 bits per heavy atom. The van der Waals surface area contributed by atoms with E-state index < -0.39 is 117 Å². The van der Waals surface area contributed by atoms with Crippen molar-refractivity contribution in [2.45, 2.75) is 95.6 Å². The van der Waals surface area contributed by atoms with Gasteiger partial charge in [-0.25, -0.2) is 18.7 Å². The van der Waals surface area contributed by atoms with Gasteiger partial charge in [0.25, 0.3) is 0 Å². The highest BCUT2D eigenvalue weighted by Crippen LogP contribution is 2.69. The van der Waals surface area contributed by atoms with E-state index in [2.05, 4.69) is 0 Å². The van der Waals surface area contributed by atoms with Crippen molar-refractivity contribution in [2.24, 2.45) is 0 Å². The average molecular weight is 977 g/mol. The number of alkyl halides is 34. The minimum atomic E-state index is -9.57. The Hall–Kier alpha value is -2.31. The summed E-state index contributed by atoms with van der Waals surface area (Å²) in [4.78, 5) is 0. The minimum absolute atomic E-state index is 0.350. The first kappa shape index (κ1) is 55.7. The lowest BCUT2D eigenvalue weighted by atomic mass is 9.91. The fraction of sp³-hybridized carbons (Fsp3) is 1.00. The zero-order valence-electron chi connectivity index (χ0n) is 24.9. The van der Waals surface area contributed by atoms with E-state index in [1.165, 1.54) is 0 Å². The van der Waals surface area contributed by atoms with Gasteiger partial charge in [0, 0.05) is 6.54 Å². The first-order valence-corrected chi connectivity index (χ1v) is 13.8. The van der Waals surface area contributed by atoms with Crippen LogP contribution in [-0.2, 0) is 13.6 Å². The normalized spacial score (nSPS) is 16.9. The summed E-state index contributed by atoms with van der Waals surface area (Å²) in [5.74, 6) is -112. The van der Waals surface area contributed by atoms with Crippen LogP contribution in [0.25, 0.3) is 0 Å². The molecule has 0 bridgehead atoms. The van der Waals surface area contributed by atoms with Crippen LogP contribution in [0, 0.1) is 0 Å². The molecule has 0 spiro atoms. The number of halogens is 34. The summed E-state index contributed by atoms with van der Waals surface area (Å²) in [5, 5.41) is 8.05. The molecule has 0 atom stereocenters. The molecular formula is C18H6F34NO4P. The molecule has 0 saturated heterocycles. The third kappa shape index (κ3) is 7.53. The van der Waals surface area contributed by atoms with E-state index >= 15 is 0 Å². The second-order valence-corrected chi connectivity index (χ2v) is 11.9. The quantitative estimate of drug-likeness (QED) is 0.0997. The van der Waals surface area contributed by atoms with Gasteiger partial charge in [0.05, 0.1) is 6.61 Å². The van der Waals surface area contributed by atoms with Crippen LogP contribution in [0.5, 0.6) is 0 Å². The number of hydrogen-bond acceptors (Lipinski definition) is 4. The topological polar surface area (TPSA) is 67.8 Å². The number of rotatable bonds is 19. The first-order chi connectivity index (χ1) is 24.5. The van der Waals surface area contributed by atoms with Crippen molar-refractivity contribution in [3.63, 3.8) is 0 Å². The Balaban J connectivity index is 7.54. The molecule has 0 saturated carbocycles. The molecule has 0 amide bonds. The standard InChI is InChI=1S/C18H6F34NO4P/c19-3(20,7(27,28)11(35,36)15(43,44)45)5(23,24)9(31,32)13(39,40)17(49,50)56-58(55,53-1-2-54)57-18(51,52)14(41,42)10(33,34)6(25,26)4(21,22)8(29,30)12(37,38)16(46,47)48/h54H,1-2H2,(H,53,55). The van der Waals surface area contributed by atoms with Gasteiger partial charge in [-0.05, 0) is 0 Å². The Bertz CT molecular complexity index is 1410. The lowest BCUT2D eigenvalue weighted by Crippen LogP contribution is -2.74. The Morgan fingerprint density at radius 2 is 0.500 bits per heavy atom. The molecule has 5 nitrogen and oxygen atoms in total. The lowest BCUT2D eigenvalue weighted by Gasteiger charge is -2.43. The Morgan fingerprint density at radius 1 is 0.328 bits per heavy atom. The molecule has 2 N–H and O–H groups in total. The van der Waals surface area contributed by atoms with Crippen molar-refractivity contribution < 1.29 is 168 Å². The fourth-order valence-corrected chi connectivity index (χ4v) is 4.36. The first-order valence-electron chi connectivity index (χ1n) is 12.3. The van der Waals surface area contributed by atoms with E-state index in [0.29, 0.717) is 0 Å². The molecule has 350 valence electrons. The molecule has 0 aliphatic rings. The maximum atomic E-state index is 14.1. The summed E-state index contributed by atoms with van der Waals surface area (Å²) in [6.07, 6.45) is -34.2. The maximum Gasteiger partial charge on any atom is 0.460 e. The number of nitrogens with one attached hydrogen (secondary N) is 1. The van der Waals surface area contributed by atoms with Crippen LogP contribution in [0.1, 0.15) is 0 Å². The SMILES string of the molecule is O=P(NCCO)(OC(F)(F)C(F)(F)C(F)(F)C(F)(F)C(F)(F)C(F)(F)C(F)(F)C(F)(F)F)OC(F)(F)C(F)(F)C(F)(F)C(F)(F)C(F)(F)C(F)(F)C(F)(F)C(F)(F)F. The second kappa shape index (κ2) is 14.4. The van der Waals surface area contributed by atoms with Gasteiger partial charge in [0.15, 0.2) is 0 Å². The van der Waals surface area contributed by atoms with Crippen molar-refractivity contribution in [1.29, 1.82) is 0 Å². The van der Waals surface area contributed by atoms with Crippen molar-refractivity contribution in [3.8, 4) is 0 Å². The highest BCUT2D eigenvalue weighted by molar-refractivity contribution is 7.51. The maximum absolute atomic E-state index is 14.1. The number of hydrogen-bond donors (Lipinski definition) is 2. The molecule has 0 aromatic carbocycles. The van der Waals surface area contributed by atoms with Crippen molar-refractivity contribution in [1.82, 2.24) is 5.09 Å². The van der Waals surface area contributed by atoms with Crippen LogP contribution in [0.2, 0.25) is 0 Å². The zero-order chi connectivity index (χ0) is 48.0. The summed E-state index contributed by atoms with van der Waals surface area (Å²) in [6.45, 7) is -4.85. The van der Waals surface area contributed by atoms with E-state index in [1.807, 2.05) is 0 Å². The summed E-state index contributed by atoms with van der Waals surface area (Å²) in [5.41, 5.74) is 0. The smallest absolute Gasteiger partial charge is 0.395 e. The third-order valence-corrected chi connectivity index (χ3v) is 7.82. The van der Waals surface area contributed by atoms with Crippen molar-refractivity contribution >= 4 is 7.75 Å². The molecular weight excluding hydrogens is 971 g/mol. The lowest BCUT2D eigenvalue weighted by molar-refractivity contribution is -0.475. The molecule has 0 aliphatic carbocycles.